The molecule has 0 aromatic carbocycles. The first-order valence-electron chi connectivity index (χ1n) is 12.5. The maximum atomic E-state index is 13.1. The molecule has 0 saturated heterocycles. The van der Waals surface area contributed by atoms with E-state index in [9.17, 15) is 24.3 Å². The van der Waals surface area contributed by atoms with Crippen molar-refractivity contribution < 1.29 is 19.4 Å². The number of aliphatic hydroxyl groups is 1. The fraction of sp³-hybridized carbons (Fsp3) is 0.708. The second kappa shape index (κ2) is 9.60. The Hall–Kier alpha value is -2.95. The Kier molecular flexibility index (Phi) is 6.90. The lowest BCUT2D eigenvalue weighted by Crippen LogP contribution is -2.55. The third-order valence-electron chi connectivity index (χ3n) is 7.96. The van der Waals surface area contributed by atoms with Gasteiger partial charge in [0.15, 0.2) is 11.7 Å². The lowest BCUT2D eigenvalue weighted by Gasteiger charge is -2.51. The van der Waals surface area contributed by atoms with Crippen molar-refractivity contribution in [2.24, 2.45) is 5.41 Å². The molecule has 2 aromatic heterocycles. The highest BCUT2D eigenvalue weighted by Gasteiger charge is 2.54. The molecule has 35 heavy (non-hydrogen) atoms. The van der Waals surface area contributed by atoms with Crippen LogP contribution in [0.3, 0.4) is 0 Å². The first kappa shape index (κ1) is 25.2. The van der Waals surface area contributed by atoms with Crippen LogP contribution in [0.2, 0.25) is 0 Å². The van der Waals surface area contributed by atoms with Crippen molar-refractivity contribution in [3.63, 3.8) is 0 Å². The SMILES string of the molecule is CCCn1c(=O)c2[nH]c(C34CCC(C(=O)NC(CO)C(=O)OC)(CC3)CC4)nc2n(CCC)c1=O. The zero-order valence-electron chi connectivity index (χ0n) is 20.7. The van der Waals surface area contributed by atoms with Crippen LogP contribution in [-0.4, -0.2) is 55.8 Å². The van der Waals surface area contributed by atoms with Crippen LogP contribution in [0, 0.1) is 5.41 Å². The number of aryl methyl sites for hydroxylation is 1. The molecule has 3 fully saturated rings. The summed E-state index contributed by atoms with van der Waals surface area (Å²) >= 11 is 0. The minimum Gasteiger partial charge on any atom is -0.467 e. The Bertz CT molecular complexity index is 1220. The van der Waals surface area contributed by atoms with Crippen LogP contribution in [0.4, 0.5) is 0 Å². The molecule has 2 bridgehead atoms. The van der Waals surface area contributed by atoms with Gasteiger partial charge in [-0.15, -0.1) is 0 Å². The standard InChI is InChI=1S/C24H35N5O6/c1-4-12-28-17-16(18(31)29(13-5-2)22(28)34)26-20(27-17)23-6-9-24(10-7-23,11-8-23)21(33)25-15(14-30)19(32)35-3/h15,30H,4-14H2,1-3H3,(H,25,33)(H,26,27). The summed E-state index contributed by atoms with van der Waals surface area (Å²) < 4.78 is 7.54. The number of esters is 1. The number of imidazole rings is 1. The van der Waals surface area contributed by atoms with E-state index >= 15 is 0 Å². The number of H-pyrrole nitrogens is 1. The summed E-state index contributed by atoms with van der Waals surface area (Å²) in [6, 6.07) is -1.08. The number of carbonyl (C=O) groups excluding carboxylic acids is 2. The number of rotatable bonds is 9. The summed E-state index contributed by atoms with van der Waals surface area (Å²) in [5.74, 6) is -0.203. The number of ether oxygens (including phenoxy) is 1. The molecular weight excluding hydrogens is 454 g/mol. The third-order valence-corrected chi connectivity index (χ3v) is 7.96. The summed E-state index contributed by atoms with van der Waals surface area (Å²) in [7, 11) is 1.22. The molecule has 3 N–H and O–H groups in total. The van der Waals surface area contributed by atoms with Gasteiger partial charge in [-0.2, -0.15) is 0 Å². The van der Waals surface area contributed by atoms with E-state index in [0.717, 1.165) is 6.42 Å². The Morgan fingerprint density at radius 1 is 1.09 bits per heavy atom. The highest BCUT2D eigenvalue weighted by molar-refractivity contribution is 5.88. The van der Waals surface area contributed by atoms with Crippen LogP contribution < -0.4 is 16.6 Å². The van der Waals surface area contributed by atoms with Gasteiger partial charge in [-0.25, -0.2) is 14.6 Å². The largest absolute Gasteiger partial charge is 0.467 e. The van der Waals surface area contributed by atoms with Crippen molar-refractivity contribution in [1.29, 1.82) is 0 Å². The van der Waals surface area contributed by atoms with Crippen molar-refractivity contribution in [3.05, 3.63) is 26.7 Å². The van der Waals surface area contributed by atoms with Gasteiger partial charge in [0.05, 0.1) is 13.7 Å². The van der Waals surface area contributed by atoms with Crippen molar-refractivity contribution in [1.82, 2.24) is 24.4 Å². The first-order chi connectivity index (χ1) is 16.8. The highest BCUT2D eigenvalue weighted by Crippen LogP contribution is 2.57. The van der Waals surface area contributed by atoms with Crippen molar-refractivity contribution in [2.75, 3.05) is 13.7 Å². The van der Waals surface area contributed by atoms with Crippen LogP contribution in [0.1, 0.15) is 71.0 Å². The van der Waals surface area contributed by atoms with Crippen LogP contribution in [0.5, 0.6) is 0 Å². The minimum absolute atomic E-state index is 0.237. The van der Waals surface area contributed by atoms with E-state index in [4.69, 9.17) is 4.98 Å². The number of hydrogen-bond donors (Lipinski definition) is 3. The summed E-state index contributed by atoms with van der Waals surface area (Å²) in [6.07, 6.45) is 5.33. The number of fused-ring (bicyclic) bond motifs is 4. The van der Waals surface area contributed by atoms with Crippen LogP contribution in [0.25, 0.3) is 11.2 Å². The molecule has 0 aliphatic heterocycles. The van der Waals surface area contributed by atoms with Gasteiger partial charge in [0, 0.05) is 23.9 Å². The fourth-order valence-electron chi connectivity index (χ4n) is 5.78. The average Bonchev–Trinajstić information content (AvgIpc) is 3.34. The molecule has 3 saturated carbocycles. The van der Waals surface area contributed by atoms with Crippen molar-refractivity contribution in [3.8, 4) is 0 Å². The number of nitrogens with zero attached hydrogens (tertiary/aromatic N) is 3. The summed E-state index contributed by atoms with van der Waals surface area (Å²) in [5.41, 5.74) is -0.800. The molecule has 1 atom stereocenters. The van der Waals surface area contributed by atoms with E-state index in [1.54, 1.807) is 4.57 Å². The Morgan fingerprint density at radius 2 is 1.69 bits per heavy atom. The quantitative estimate of drug-likeness (QED) is 0.444. The average molecular weight is 490 g/mol. The van der Waals surface area contributed by atoms with E-state index < -0.39 is 24.0 Å². The number of amides is 1. The van der Waals surface area contributed by atoms with Gasteiger partial charge in [-0.3, -0.25) is 18.7 Å². The fourth-order valence-corrected chi connectivity index (χ4v) is 5.78. The predicted octanol–water partition coefficient (Wildman–Crippen LogP) is 0.948. The lowest BCUT2D eigenvalue weighted by molar-refractivity contribution is -0.150. The number of carbonyl (C=O) groups is 2. The zero-order valence-corrected chi connectivity index (χ0v) is 20.7. The number of aliphatic hydroxyl groups excluding tert-OH is 1. The minimum atomic E-state index is -1.08. The van der Waals surface area contributed by atoms with Gasteiger partial charge < -0.3 is 20.1 Å². The van der Waals surface area contributed by atoms with Gasteiger partial charge >= 0.3 is 11.7 Å². The summed E-state index contributed by atoms with van der Waals surface area (Å²) in [4.78, 5) is 59.1. The molecule has 1 amide bonds. The van der Waals surface area contributed by atoms with E-state index in [0.29, 0.717) is 75.0 Å². The highest BCUT2D eigenvalue weighted by atomic mass is 16.5. The summed E-state index contributed by atoms with van der Waals surface area (Å²) in [5, 5.41) is 12.1. The van der Waals surface area contributed by atoms with Crippen molar-refractivity contribution >= 4 is 23.0 Å². The Labute approximate surface area is 202 Å². The van der Waals surface area contributed by atoms with Gasteiger partial charge in [0.2, 0.25) is 5.91 Å². The Morgan fingerprint density at radius 3 is 2.23 bits per heavy atom. The number of methoxy groups -OCH3 is 1. The Balaban J connectivity index is 1.64. The molecule has 3 aliphatic rings. The maximum Gasteiger partial charge on any atom is 0.332 e. The molecule has 2 heterocycles. The topological polar surface area (TPSA) is 148 Å². The zero-order chi connectivity index (χ0) is 25.4. The van der Waals surface area contributed by atoms with E-state index in [1.807, 2.05) is 13.8 Å². The number of aromatic nitrogens is 4. The van der Waals surface area contributed by atoms with Crippen LogP contribution >= 0.6 is 0 Å². The van der Waals surface area contributed by atoms with Gasteiger partial charge in [0.25, 0.3) is 5.56 Å². The third kappa shape index (κ3) is 4.09. The van der Waals surface area contributed by atoms with Gasteiger partial charge in [0.1, 0.15) is 11.3 Å². The number of nitrogens with one attached hydrogen (secondary N) is 2. The first-order valence-corrected chi connectivity index (χ1v) is 12.5. The molecule has 11 nitrogen and oxygen atoms in total. The van der Waals surface area contributed by atoms with Crippen LogP contribution in [0.15, 0.2) is 9.59 Å². The summed E-state index contributed by atoms with van der Waals surface area (Å²) in [6.45, 7) is 4.22. The second-order valence-electron chi connectivity index (χ2n) is 9.97. The number of aromatic amines is 1. The predicted molar refractivity (Wildman–Crippen MR) is 128 cm³/mol. The normalized spacial score (nSPS) is 24.5. The second-order valence-corrected chi connectivity index (χ2v) is 9.97. The maximum absolute atomic E-state index is 13.1. The molecule has 0 radical (unpaired) electrons. The molecule has 2 aromatic rings. The molecule has 5 rings (SSSR count). The molecule has 3 aliphatic carbocycles. The molecular formula is C24H35N5O6. The molecule has 11 heteroatoms. The van der Waals surface area contributed by atoms with E-state index in [1.165, 1.54) is 11.7 Å². The number of hydrogen-bond acceptors (Lipinski definition) is 7. The lowest BCUT2D eigenvalue weighted by atomic mass is 9.53. The van der Waals surface area contributed by atoms with E-state index in [2.05, 4.69) is 15.0 Å². The smallest absolute Gasteiger partial charge is 0.332 e. The van der Waals surface area contributed by atoms with Crippen LogP contribution in [-0.2, 0) is 32.8 Å². The van der Waals surface area contributed by atoms with E-state index in [-0.39, 0.29) is 22.6 Å². The van der Waals surface area contributed by atoms with Gasteiger partial charge in [-0.05, 0) is 51.4 Å². The molecule has 192 valence electrons. The molecule has 0 spiro atoms. The van der Waals surface area contributed by atoms with Crippen molar-refractivity contribution in [2.45, 2.75) is 89.8 Å². The molecule has 1 unspecified atom stereocenters. The monoisotopic (exact) mass is 489 g/mol. The van der Waals surface area contributed by atoms with Gasteiger partial charge in [-0.1, -0.05) is 13.8 Å².